The van der Waals surface area contributed by atoms with E-state index in [0.717, 1.165) is 31.2 Å². The molecule has 1 aromatic carbocycles. The highest BCUT2D eigenvalue weighted by molar-refractivity contribution is 6.30. The van der Waals surface area contributed by atoms with Crippen LogP contribution in [0.2, 0.25) is 5.02 Å². The Morgan fingerprint density at radius 2 is 2.13 bits per heavy atom. The van der Waals surface area contributed by atoms with E-state index in [1.165, 1.54) is 6.42 Å². The summed E-state index contributed by atoms with van der Waals surface area (Å²) in [6, 6.07) is 7.39. The molecule has 0 spiro atoms. The van der Waals surface area contributed by atoms with Gasteiger partial charge in [-0.05, 0) is 37.8 Å². The summed E-state index contributed by atoms with van der Waals surface area (Å²) in [5.41, 5.74) is 0.862. The second-order valence-electron chi connectivity index (χ2n) is 5.84. The molecule has 6 heteroatoms. The van der Waals surface area contributed by atoms with Crippen LogP contribution in [0.3, 0.4) is 0 Å². The summed E-state index contributed by atoms with van der Waals surface area (Å²) in [6.45, 7) is 0.471. The molecule has 1 aliphatic carbocycles. The number of hydrogen-bond donors (Lipinski definition) is 0. The first-order chi connectivity index (χ1) is 11.2. The van der Waals surface area contributed by atoms with E-state index < -0.39 is 0 Å². The van der Waals surface area contributed by atoms with Gasteiger partial charge in [-0.3, -0.25) is 9.48 Å². The molecule has 23 heavy (non-hydrogen) atoms. The molecule has 1 aliphatic rings. The number of hydrogen-bond acceptors (Lipinski definition) is 4. The Bertz CT molecular complexity index is 665. The number of carbonyl (C=O) groups excluding carboxylic acids is 1. The first-order valence-corrected chi connectivity index (χ1v) is 8.43. The molecule has 0 aliphatic heterocycles. The van der Waals surface area contributed by atoms with E-state index in [1.54, 1.807) is 11.0 Å². The second-order valence-corrected chi connectivity index (χ2v) is 6.28. The monoisotopic (exact) mass is 333 g/mol. The normalized spacial score (nSPS) is 15.5. The van der Waals surface area contributed by atoms with Crippen LogP contribution in [0.4, 0.5) is 0 Å². The first-order valence-electron chi connectivity index (χ1n) is 8.05. The van der Waals surface area contributed by atoms with Crippen LogP contribution in [0.5, 0.6) is 0 Å². The fourth-order valence-electron chi connectivity index (χ4n) is 2.80. The molecular weight excluding hydrogens is 314 g/mol. The van der Waals surface area contributed by atoms with Gasteiger partial charge in [0.05, 0.1) is 13.0 Å². The van der Waals surface area contributed by atoms with Gasteiger partial charge in [0.1, 0.15) is 12.4 Å². The van der Waals surface area contributed by atoms with Crippen molar-refractivity contribution in [1.29, 1.82) is 0 Å². The molecule has 2 aromatic rings. The molecule has 1 heterocycles. The fourth-order valence-corrected chi connectivity index (χ4v) is 2.99. The number of ether oxygens (including phenoxy) is 1. The highest BCUT2D eigenvalue weighted by Crippen LogP contribution is 2.21. The third-order valence-electron chi connectivity index (χ3n) is 4.01. The van der Waals surface area contributed by atoms with Crippen LogP contribution >= 0.6 is 11.6 Å². The van der Waals surface area contributed by atoms with Crippen molar-refractivity contribution >= 4 is 17.6 Å². The largest absolute Gasteiger partial charge is 0.462 e. The SMILES string of the molecule is O=C(CCn1cnc(-c2cccc(Cl)c2)n1)OC1CCCCC1. The standard InChI is InChI=1S/C17H20ClN3O2/c18-14-6-4-5-13(11-14)17-19-12-21(20-17)10-9-16(22)23-15-7-2-1-3-8-15/h4-6,11-12,15H,1-3,7-10H2. The summed E-state index contributed by atoms with van der Waals surface area (Å²) in [6.07, 6.45) is 7.60. The average molecular weight is 334 g/mol. The van der Waals surface area contributed by atoms with E-state index in [4.69, 9.17) is 16.3 Å². The second kappa shape index (κ2) is 7.59. The van der Waals surface area contributed by atoms with Crippen molar-refractivity contribution in [2.45, 2.75) is 51.2 Å². The first kappa shape index (κ1) is 16.0. The summed E-state index contributed by atoms with van der Waals surface area (Å²) in [4.78, 5) is 16.2. The predicted octanol–water partition coefficient (Wildman–Crippen LogP) is 3.86. The van der Waals surface area contributed by atoms with Crippen LogP contribution in [-0.2, 0) is 16.1 Å². The minimum Gasteiger partial charge on any atom is -0.462 e. The van der Waals surface area contributed by atoms with Gasteiger partial charge in [-0.25, -0.2) is 4.98 Å². The predicted molar refractivity (Wildman–Crippen MR) is 88.1 cm³/mol. The van der Waals surface area contributed by atoms with Crippen molar-refractivity contribution in [3.05, 3.63) is 35.6 Å². The van der Waals surface area contributed by atoms with Gasteiger partial charge in [0.25, 0.3) is 0 Å². The van der Waals surface area contributed by atoms with Gasteiger partial charge in [0, 0.05) is 10.6 Å². The van der Waals surface area contributed by atoms with Gasteiger partial charge >= 0.3 is 5.97 Å². The number of carbonyl (C=O) groups is 1. The van der Waals surface area contributed by atoms with Crippen molar-refractivity contribution in [3.8, 4) is 11.4 Å². The molecule has 0 saturated heterocycles. The topological polar surface area (TPSA) is 57.0 Å². The quantitative estimate of drug-likeness (QED) is 0.779. The Kier molecular flexibility index (Phi) is 5.28. The number of aryl methyl sites for hydroxylation is 1. The van der Waals surface area contributed by atoms with E-state index in [-0.39, 0.29) is 12.1 Å². The van der Waals surface area contributed by atoms with Crippen molar-refractivity contribution in [1.82, 2.24) is 14.8 Å². The molecule has 0 unspecified atom stereocenters. The number of nitrogens with zero attached hydrogens (tertiary/aromatic N) is 3. The van der Waals surface area contributed by atoms with Crippen LogP contribution in [0, 0.1) is 0 Å². The van der Waals surface area contributed by atoms with Gasteiger partial charge < -0.3 is 4.74 Å². The lowest BCUT2D eigenvalue weighted by Crippen LogP contribution is -2.21. The lowest BCUT2D eigenvalue weighted by molar-refractivity contribution is -0.150. The van der Waals surface area contributed by atoms with Crippen molar-refractivity contribution in [2.24, 2.45) is 0 Å². The Balaban J connectivity index is 1.52. The Hall–Kier alpha value is -1.88. The third kappa shape index (κ3) is 4.55. The molecule has 0 N–H and O–H groups in total. The third-order valence-corrected chi connectivity index (χ3v) is 4.25. The van der Waals surface area contributed by atoms with E-state index >= 15 is 0 Å². The molecule has 1 fully saturated rings. The van der Waals surface area contributed by atoms with Gasteiger partial charge in [-0.1, -0.05) is 30.2 Å². The molecule has 5 nitrogen and oxygen atoms in total. The van der Waals surface area contributed by atoms with Gasteiger partial charge in [0.2, 0.25) is 0 Å². The van der Waals surface area contributed by atoms with Gasteiger partial charge in [-0.2, -0.15) is 5.10 Å². The summed E-state index contributed by atoms with van der Waals surface area (Å²) in [5.74, 6) is 0.449. The number of rotatable bonds is 5. The fraction of sp³-hybridized carbons (Fsp3) is 0.471. The molecule has 1 saturated carbocycles. The Labute approximate surface area is 140 Å². The van der Waals surface area contributed by atoms with Crippen molar-refractivity contribution in [3.63, 3.8) is 0 Å². The zero-order valence-corrected chi connectivity index (χ0v) is 13.7. The van der Waals surface area contributed by atoms with E-state index in [1.807, 2.05) is 24.3 Å². The summed E-state index contributed by atoms with van der Waals surface area (Å²) in [5, 5.41) is 5.03. The van der Waals surface area contributed by atoms with Crippen LogP contribution in [-0.4, -0.2) is 26.8 Å². The van der Waals surface area contributed by atoms with Crippen LogP contribution in [0.15, 0.2) is 30.6 Å². The molecule has 3 rings (SSSR count). The summed E-state index contributed by atoms with van der Waals surface area (Å²) < 4.78 is 7.17. The van der Waals surface area contributed by atoms with Crippen molar-refractivity contribution in [2.75, 3.05) is 0 Å². The van der Waals surface area contributed by atoms with Gasteiger partial charge in [-0.15, -0.1) is 0 Å². The van der Waals surface area contributed by atoms with E-state index in [2.05, 4.69) is 10.1 Å². The Morgan fingerprint density at radius 3 is 2.91 bits per heavy atom. The maximum Gasteiger partial charge on any atom is 0.307 e. The average Bonchev–Trinajstić information content (AvgIpc) is 3.03. The minimum absolute atomic E-state index is 0.106. The highest BCUT2D eigenvalue weighted by atomic mass is 35.5. The zero-order valence-electron chi connectivity index (χ0n) is 12.9. The highest BCUT2D eigenvalue weighted by Gasteiger charge is 2.17. The molecule has 0 atom stereocenters. The Morgan fingerprint density at radius 1 is 1.30 bits per heavy atom. The van der Waals surface area contributed by atoms with Crippen LogP contribution in [0.1, 0.15) is 38.5 Å². The zero-order chi connectivity index (χ0) is 16.1. The number of halogens is 1. The maximum absolute atomic E-state index is 11.9. The minimum atomic E-state index is -0.156. The lowest BCUT2D eigenvalue weighted by Gasteiger charge is -2.21. The molecule has 122 valence electrons. The van der Waals surface area contributed by atoms with Crippen molar-refractivity contribution < 1.29 is 9.53 Å². The molecule has 0 bridgehead atoms. The number of aromatic nitrogens is 3. The van der Waals surface area contributed by atoms with Gasteiger partial charge in [0.15, 0.2) is 5.82 Å². The molecule has 1 aromatic heterocycles. The number of esters is 1. The molecule has 0 amide bonds. The van der Waals surface area contributed by atoms with E-state index in [9.17, 15) is 4.79 Å². The van der Waals surface area contributed by atoms with Crippen LogP contribution in [0.25, 0.3) is 11.4 Å². The smallest absolute Gasteiger partial charge is 0.307 e. The summed E-state index contributed by atoms with van der Waals surface area (Å²) >= 11 is 5.97. The lowest BCUT2D eigenvalue weighted by atomic mass is 9.98. The number of benzene rings is 1. The molecular formula is C17H20ClN3O2. The van der Waals surface area contributed by atoms with E-state index in [0.29, 0.717) is 23.8 Å². The maximum atomic E-state index is 11.9. The van der Waals surface area contributed by atoms with Crippen LogP contribution < -0.4 is 0 Å². The summed E-state index contributed by atoms with van der Waals surface area (Å²) in [7, 11) is 0. The molecule has 0 radical (unpaired) electrons.